The molecule has 3 N–H and O–H groups in total. The number of esters is 4. The van der Waals surface area contributed by atoms with Crippen LogP contribution in [0.15, 0.2) is 0 Å². The van der Waals surface area contributed by atoms with Gasteiger partial charge in [0.25, 0.3) is 0 Å². The van der Waals surface area contributed by atoms with Gasteiger partial charge in [0, 0.05) is 25.7 Å². The second kappa shape index (κ2) is 62.6. The molecule has 0 spiro atoms. The number of unbranched alkanes of at least 4 members (excludes halogenated alkanes) is 35. The van der Waals surface area contributed by atoms with Crippen molar-refractivity contribution < 1.29 is 80.2 Å². The van der Waals surface area contributed by atoms with Gasteiger partial charge in [-0.25, -0.2) is 9.13 Å². The Kier molecular flexibility index (Phi) is 61.3. The lowest BCUT2D eigenvalue weighted by Gasteiger charge is -2.21. The molecule has 0 fully saturated rings. The van der Waals surface area contributed by atoms with Gasteiger partial charge in [-0.1, -0.05) is 312 Å². The standard InChI is InChI=1S/C73H142O17P2/c1-9-66(8)52-44-36-30-32-38-46-54-71(76)84-60-68(89-72(77)55-47-39-28-24-20-16-12-14-18-22-26-34-42-50-64(4)5)61-87-91(79,80)85-57-67(74)58-86-92(81,82)88-62-69(90-73(78)56-48-40-31-29-35-43-51-65(6)7)59-83-70(75)53-45-37-27-23-19-15-11-10-13-17-21-25-33-41-49-63(2)3/h63-69,74H,9-62H2,1-8H3,(H,79,80)(H,81,82)/t66?,67-,68+,69+/m0/s1. The van der Waals surface area contributed by atoms with Crippen LogP contribution in [-0.4, -0.2) is 96.7 Å². The van der Waals surface area contributed by atoms with Crippen LogP contribution in [0.4, 0.5) is 0 Å². The summed E-state index contributed by atoms with van der Waals surface area (Å²) >= 11 is 0. The Labute approximate surface area is 562 Å². The summed E-state index contributed by atoms with van der Waals surface area (Å²) in [6.07, 6.45) is 46.0. The third-order valence-electron chi connectivity index (χ3n) is 17.2. The van der Waals surface area contributed by atoms with E-state index < -0.39 is 97.5 Å². The van der Waals surface area contributed by atoms with Gasteiger partial charge >= 0.3 is 39.5 Å². The van der Waals surface area contributed by atoms with Crippen LogP contribution in [0, 0.1) is 23.7 Å². The van der Waals surface area contributed by atoms with Crippen molar-refractivity contribution in [1.29, 1.82) is 0 Å². The highest BCUT2D eigenvalue weighted by molar-refractivity contribution is 7.47. The number of aliphatic hydroxyl groups is 1. The lowest BCUT2D eigenvalue weighted by molar-refractivity contribution is -0.161. The van der Waals surface area contributed by atoms with Crippen molar-refractivity contribution in [2.45, 2.75) is 382 Å². The molecular formula is C73H142O17P2. The summed E-state index contributed by atoms with van der Waals surface area (Å²) in [6, 6.07) is 0. The smallest absolute Gasteiger partial charge is 0.462 e. The largest absolute Gasteiger partial charge is 0.472 e. The number of carbonyl (C=O) groups is 4. The summed E-state index contributed by atoms with van der Waals surface area (Å²) in [6.45, 7) is 14.1. The highest BCUT2D eigenvalue weighted by Gasteiger charge is 2.30. The maximum absolute atomic E-state index is 13.0. The Hall–Kier alpha value is -1.94. The predicted molar refractivity (Wildman–Crippen MR) is 372 cm³/mol. The third-order valence-corrected chi connectivity index (χ3v) is 19.1. The number of phosphoric ester groups is 2. The molecule has 0 saturated heterocycles. The van der Waals surface area contributed by atoms with Gasteiger partial charge in [-0.2, -0.15) is 0 Å². The quantitative estimate of drug-likeness (QED) is 0.0222. The average molecular weight is 1350 g/mol. The van der Waals surface area contributed by atoms with E-state index in [0.29, 0.717) is 31.6 Å². The monoisotopic (exact) mass is 1350 g/mol. The number of phosphoric acid groups is 2. The van der Waals surface area contributed by atoms with Gasteiger partial charge in [0.05, 0.1) is 26.4 Å². The molecule has 0 bridgehead atoms. The van der Waals surface area contributed by atoms with E-state index in [-0.39, 0.29) is 25.7 Å². The minimum atomic E-state index is -4.95. The van der Waals surface area contributed by atoms with Gasteiger partial charge in [0.1, 0.15) is 19.3 Å². The van der Waals surface area contributed by atoms with E-state index in [1.54, 1.807) is 0 Å². The maximum Gasteiger partial charge on any atom is 0.472 e. The third kappa shape index (κ3) is 65.4. The molecule has 0 amide bonds. The summed E-state index contributed by atoms with van der Waals surface area (Å²) in [7, 11) is -9.91. The Morgan fingerprint density at radius 3 is 0.772 bits per heavy atom. The van der Waals surface area contributed by atoms with Gasteiger partial charge in [-0.05, 0) is 49.4 Å². The van der Waals surface area contributed by atoms with Gasteiger partial charge in [0.15, 0.2) is 12.2 Å². The molecule has 17 nitrogen and oxygen atoms in total. The minimum Gasteiger partial charge on any atom is -0.462 e. The molecule has 3 unspecified atom stereocenters. The molecule has 6 atom stereocenters. The SMILES string of the molecule is CCC(C)CCCCCCCCC(=O)OC[C@H](COP(=O)(O)OC[C@H](O)COP(=O)(O)OC[C@@H](COC(=O)CCCCCCCCCCCCCCCCC(C)C)OC(=O)CCCCCCCCC(C)C)OC(=O)CCCCCCCCCCCCCCCC(C)C. The van der Waals surface area contributed by atoms with E-state index >= 15 is 0 Å². The van der Waals surface area contributed by atoms with Crippen LogP contribution in [0.5, 0.6) is 0 Å². The summed E-state index contributed by atoms with van der Waals surface area (Å²) < 4.78 is 68.3. The first-order valence-corrected chi connectivity index (χ1v) is 40.7. The molecule has 0 aromatic rings. The van der Waals surface area contributed by atoms with Crippen LogP contribution >= 0.6 is 15.6 Å². The fourth-order valence-electron chi connectivity index (χ4n) is 11.0. The summed E-state index contributed by atoms with van der Waals surface area (Å²) in [5.74, 6) is 0.856. The van der Waals surface area contributed by atoms with E-state index in [2.05, 4.69) is 55.4 Å². The molecular weight excluding hydrogens is 1210 g/mol. The Balaban J connectivity index is 5.19. The normalized spacial score (nSPS) is 14.5. The molecule has 0 radical (unpaired) electrons. The van der Waals surface area contributed by atoms with Gasteiger partial charge in [-0.3, -0.25) is 37.3 Å². The first-order valence-electron chi connectivity index (χ1n) is 37.7. The molecule has 0 aliphatic rings. The van der Waals surface area contributed by atoms with Crippen LogP contribution in [0.3, 0.4) is 0 Å². The highest BCUT2D eigenvalue weighted by Crippen LogP contribution is 2.45. The van der Waals surface area contributed by atoms with Gasteiger partial charge in [0.2, 0.25) is 0 Å². The van der Waals surface area contributed by atoms with Crippen LogP contribution in [0.2, 0.25) is 0 Å². The molecule has 0 aliphatic carbocycles. The molecule has 0 rings (SSSR count). The highest BCUT2D eigenvalue weighted by atomic mass is 31.2. The van der Waals surface area contributed by atoms with E-state index in [4.69, 9.17) is 37.0 Å². The molecule has 0 aliphatic heterocycles. The fourth-order valence-corrected chi connectivity index (χ4v) is 12.6. The van der Waals surface area contributed by atoms with Crippen LogP contribution < -0.4 is 0 Å². The van der Waals surface area contributed by atoms with Crippen molar-refractivity contribution in [2.75, 3.05) is 39.6 Å². The van der Waals surface area contributed by atoms with E-state index in [1.165, 1.54) is 161 Å². The maximum atomic E-state index is 13.0. The van der Waals surface area contributed by atoms with Crippen LogP contribution in [0.25, 0.3) is 0 Å². The summed E-state index contributed by atoms with van der Waals surface area (Å²) in [4.78, 5) is 72.6. The van der Waals surface area contributed by atoms with Gasteiger partial charge in [-0.15, -0.1) is 0 Å². The molecule has 19 heteroatoms. The lowest BCUT2D eigenvalue weighted by atomic mass is 10.00. The van der Waals surface area contributed by atoms with Crippen LogP contribution in [0.1, 0.15) is 364 Å². The minimum absolute atomic E-state index is 0.102. The van der Waals surface area contributed by atoms with Crippen molar-refractivity contribution in [1.82, 2.24) is 0 Å². The molecule has 546 valence electrons. The van der Waals surface area contributed by atoms with Crippen molar-refractivity contribution in [3.05, 3.63) is 0 Å². The van der Waals surface area contributed by atoms with Crippen LogP contribution in [-0.2, 0) is 65.4 Å². The Morgan fingerprint density at radius 1 is 0.304 bits per heavy atom. The Morgan fingerprint density at radius 2 is 0.522 bits per heavy atom. The topological polar surface area (TPSA) is 237 Å². The zero-order valence-corrected chi connectivity index (χ0v) is 62.0. The summed E-state index contributed by atoms with van der Waals surface area (Å²) in [5.41, 5.74) is 0. The number of carbonyl (C=O) groups excluding carboxylic acids is 4. The number of aliphatic hydroxyl groups excluding tert-OH is 1. The first kappa shape index (κ1) is 90.1. The van der Waals surface area contributed by atoms with Crippen molar-refractivity contribution in [3.63, 3.8) is 0 Å². The van der Waals surface area contributed by atoms with E-state index in [9.17, 15) is 43.2 Å². The van der Waals surface area contributed by atoms with Crippen molar-refractivity contribution >= 4 is 39.5 Å². The fraction of sp³-hybridized carbons (Fsp3) is 0.945. The Bertz CT molecular complexity index is 1820. The van der Waals surface area contributed by atoms with Gasteiger partial charge < -0.3 is 33.8 Å². The number of rotatable bonds is 70. The second-order valence-corrected chi connectivity index (χ2v) is 30.9. The molecule has 0 saturated carbocycles. The van der Waals surface area contributed by atoms with E-state index in [1.807, 2.05) is 0 Å². The van der Waals surface area contributed by atoms with Crippen molar-refractivity contribution in [3.8, 4) is 0 Å². The molecule has 0 aromatic heterocycles. The number of ether oxygens (including phenoxy) is 4. The molecule has 0 aromatic carbocycles. The lowest BCUT2D eigenvalue weighted by Crippen LogP contribution is -2.30. The molecule has 0 heterocycles. The van der Waals surface area contributed by atoms with Crippen molar-refractivity contribution in [2.24, 2.45) is 23.7 Å². The summed E-state index contributed by atoms with van der Waals surface area (Å²) in [5, 5.41) is 10.6. The zero-order valence-electron chi connectivity index (χ0n) is 60.2. The average Bonchev–Trinajstić information content (AvgIpc) is 1.38. The second-order valence-electron chi connectivity index (χ2n) is 28.0. The zero-order chi connectivity index (χ0) is 68.2. The number of hydrogen-bond donors (Lipinski definition) is 3. The predicted octanol–water partition coefficient (Wildman–Crippen LogP) is 20.9. The van der Waals surface area contributed by atoms with E-state index in [0.717, 1.165) is 114 Å². The number of hydrogen-bond acceptors (Lipinski definition) is 15. The first-order chi connectivity index (χ1) is 44.1. The molecule has 92 heavy (non-hydrogen) atoms.